The van der Waals surface area contributed by atoms with Gasteiger partial charge in [0.15, 0.2) is 0 Å². The average Bonchev–Trinajstić information content (AvgIpc) is 2.48. The molecule has 1 aromatic heterocycles. The Bertz CT molecular complexity index is 682. The van der Waals surface area contributed by atoms with E-state index >= 15 is 0 Å². The highest BCUT2D eigenvalue weighted by Gasteiger charge is 2.05. The van der Waals surface area contributed by atoms with Crippen LogP contribution in [0.15, 0.2) is 42.7 Å². The summed E-state index contributed by atoms with van der Waals surface area (Å²) in [6.07, 6.45) is 3.79. The molecular weight excluding hydrogens is 264 g/mol. The molecule has 0 aliphatic carbocycles. The fourth-order valence-electron chi connectivity index (χ4n) is 1.75. The van der Waals surface area contributed by atoms with Crippen LogP contribution in [0.1, 0.15) is 27.9 Å². The fraction of sp³-hybridized carbons (Fsp3) is 0.176. The molecule has 0 unspecified atom stereocenters. The second-order valence-electron chi connectivity index (χ2n) is 4.56. The Morgan fingerprint density at radius 3 is 2.71 bits per heavy atom. The zero-order chi connectivity index (χ0) is 15.1. The molecule has 0 aliphatic rings. The molecule has 2 N–H and O–H groups in total. The van der Waals surface area contributed by atoms with Crippen molar-refractivity contribution in [1.82, 2.24) is 4.98 Å². The van der Waals surface area contributed by atoms with Gasteiger partial charge in [0.25, 0.3) is 5.91 Å². The number of nitrogens with zero attached hydrogens (tertiary/aromatic N) is 1. The van der Waals surface area contributed by atoms with Crippen molar-refractivity contribution in [3.8, 4) is 11.8 Å². The average molecular weight is 280 g/mol. The molecule has 21 heavy (non-hydrogen) atoms. The van der Waals surface area contributed by atoms with Gasteiger partial charge in [0.05, 0.1) is 18.5 Å². The Kier molecular flexibility index (Phi) is 5.08. The molecule has 106 valence electrons. The van der Waals surface area contributed by atoms with Gasteiger partial charge >= 0.3 is 0 Å². The van der Waals surface area contributed by atoms with Crippen molar-refractivity contribution in [1.29, 1.82) is 0 Å². The lowest BCUT2D eigenvalue weighted by molar-refractivity contribution is 0.102. The first-order valence-electron chi connectivity index (χ1n) is 6.62. The summed E-state index contributed by atoms with van der Waals surface area (Å²) in [5, 5.41) is 11.5. The summed E-state index contributed by atoms with van der Waals surface area (Å²) >= 11 is 0. The molecule has 0 spiro atoms. The molecular formula is C17H16N2O2. The van der Waals surface area contributed by atoms with Crippen LogP contribution >= 0.6 is 0 Å². The molecule has 0 fully saturated rings. The lowest BCUT2D eigenvalue weighted by Gasteiger charge is -2.05. The van der Waals surface area contributed by atoms with E-state index in [0.29, 0.717) is 17.7 Å². The molecule has 4 heteroatoms. The van der Waals surface area contributed by atoms with Crippen LogP contribution in [-0.4, -0.2) is 22.6 Å². The summed E-state index contributed by atoms with van der Waals surface area (Å²) in [5.74, 6) is 5.57. The third-order valence-corrected chi connectivity index (χ3v) is 2.75. The third-order valence-electron chi connectivity index (χ3n) is 2.75. The van der Waals surface area contributed by atoms with Crippen molar-refractivity contribution in [3.05, 3.63) is 59.4 Å². The van der Waals surface area contributed by atoms with E-state index in [1.54, 1.807) is 36.7 Å². The topological polar surface area (TPSA) is 62.2 Å². The van der Waals surface area contributed by atoms with Gasteiger partial charge in [0, 0.05) is 23.7 Å². The highest BCUT2D eigenvalue weighted by molar-refractivity contribution is 6.04. The number of aliphatic hydroxyl groups is 1. The second-order valence-corrected chi connectivity index (χ2v) is 4.56. The van der Waals surface area contributed by atoms with Gasteiger partial charge in [-0.05, 0) is 42.8 Å². The number of rotatable bonds is 3. The number of aliphatic hydroxyl groups excluding tert-OH is 1. The van der Waals surface area contributed by atoms with Gasteiger partial charge in [0.1, 0.15) is 0 Å². The summed E-state index contributed by atoms with van der Waals surface area (Å²) < 4.78 is 0. The quantitative estimate of drug-likeness (QED) is 0.849. The van der Waals surface area contributed by atoms with Crippen molar-refractivity contribution in [2.75, 3.05) is 11.9 Å². The van der Waals surface area contributed by atoms with Crippen LogP contribution in [-0.2, 0) is 0 Å². The van der Waals surface area contributed by atoms with Crippen molar-refractivity contribution in [2.24, 2.45) is 0 Å². The van der Waals surface area contributed by atoms with Gasteiger partial charge in [-0.15, -0.1) is 0 Å². The lowest BCUT2D eigenvalue weighted by Crippen LogP contribution is -2.12. The maximum absolute atomic E-state index is 12.1. The van der Waals surface area contributed by atoms with Crippen LogP contribution < -0.4 is 5.32 Å². The highest BCUT2D eigenvalue weighted by atomic mass is 16.2. The number of anilines is 1. The zero-order valence-electron chi connectivity index (χ0n) is 11.8. The normalized spacial score (nSPS) is 9.62. The smallest absolute Gasteiger partial charge is 0.255 e. The Morgan fingerprint density at radius 1 is 1.29 bits per heavy atom. The SMILES string of the molecule is Cc1cncc(NC(=O)c2ccc(C#CCCO)cc2)c1. The minimum Gasteiger partial charge on any atom is -0.395 e. The van der Waals surface area contributed by atoms with Crippen LogP contribution in [0.4, 0.5) is 5.69 Å². The molecule has 1 aromatic carbocycles. The first-order valence-corrected chi connectivity index (χ1v) is 6.62. The number of aryl methyl sites for hydroxylation is 1. The van der Waals surface area contributed by atoms with Gasteiger partial charge in [-0.25, -0.2) is 0 Å². The minimum absolute atomic E-state index is 0.0536. The molecule has 0 aliphatic heterocycles. The lowest BCUT2D eigenvalue weighted by atomic mass is 10.1. The van der Waals surface area contributed by atoms with Crippen LogP contribution in [0, 0.1) is 18.8 Å². The maximum atomic E-state index is 12.1. The molecule has 1 heterocycles. The van der Waals surface area contributed by atoms with E-state index < -0.39 is 0 Å². The van der Waals surface area contributed by atoms with E-state index in [4.69, 9.17) is 5.11 Å². The molecule has 0 saturated heterocycles. The molecule has 2 rings (SSSR count). The number of nitrogens with one attached hydrogen (secondary N) is 1. The number of amides is 1. The standard InChI is InChI=1S/C17H16N2O2/c1-13-10-16(12-18-11-13)19-17(21)15-7-5-14(6-8-15)4-2-3-9-20/h5-8,10-12,20H,3,9H2,1H3,(H,19,21). The van der Waals surface area contributed by atoms with E-state index in [9.17, 15) is 4.79 Å². The number of benzene rings is 1. The fourth-order valence-corrected chi connectivity index (χ4v) is 1.75. The van der Waals surface area contributed by atoms with Crippen LogP contribution in [0.3, 0.4) is 0 Å². The highest BCUT2D eigenvalue weighted by Crippen LogP contribution is 2.10. The zero-order valence-corrected chi connectivity index (χ0v) is 11.8. The van der Waals surface area contributed by atoms with E-state index in [1.165, 1.54) is 0 Å². The monoisotopic (exact) mass is 280 g/mol. The third kappa shape index (κ3) is 4.44. The summed E-state index contributed by atoms with van der Waals surface area (Å²) in [5.41, 5.74) is 3.04. The first kappa shape index (κ1) is 14.8. The van der Waals surface area contributed by atoms with Crippen LogP contribution in [0.2, 0.25) is 0 Å². The van der Waals surface area contributed by atoms with Gasteiger partial charge in [-0.1, -0.05) is 11.8 Å². The number of hydrogen-bond acceptors (Lipinski definition) is 3. The Labute approximate surface area is 123 Å². The molecule has 2 aromatic rings. The molecule has 1 amide bonds. The van der Waals surface area contributed by atoms with Crippen molar-refractivity contribution in [2.45, 2.75) is 13.3 Å². The number of carbonyl (C=O) groups is 1. The Hall–Kier alpha value is -2.64. The van der Waals surface area contributed by atoms with E-state index in [-0.39, 0.29) is 12.5 Å². The molecule has 4 nitrogen and oxygen atoms in total. The maximum Gasteiger partial charge on any atom is 0.255 e. The molecule has 0 atom stereocenters. The van der Waals surface area contributed by atoms with E-state index in [0.717, 1.165) is 11.1 Å². The minimum atomic E-state index is -0.183. The number of aromatic nitrogens is 1. The summed E-state index contributed by atoms with van der Waals surface area (Å²) in [6.45, 7) is 1.97. The first-order chi connectivity index (χ1) is 10.2. The van der Waals surface area contributed by atoms with Crippen LogP contribution in [0.5, 0.6) is 0 Å². The number of hydrogen-bond donors (Lipinski definition) is 2. The predicted molar refractivity (Wildman–Crippen MR) is 82.0 cm³/mol. The van der Waals surface area contributed by atoms with Crippen LogP contribution in [0.25, 0.3) is 0 Å². The molecule has 0 bridgehead atoms. The summed E-state index contributed by atoms with van der Waals surface area (Å²) in [7, 11) is 0. The van der Waals surface area contributed by atoms with Gasteiger partial charge in [0.2, 0.25) is 0 Å². The summed E-state index contributed by atoms with van der Waals surface area (Å²) in [4.78, 5) is 16.1. The molecule has 0 saturated carbocycles. The van der Waals surface area contributed by atoms with Crippen molar-refractivity contribution >= 4 is 11.6 Å². The molecule has 0 radical (unpaired) electrons. The van der Waals surface area contributed by atoms with Gasteiger partial charge in [-0.3, -0.25) is 9.78 Å². The second kappa shape index (κ2) is 7.22. The summed E-state index contributed by atoms with van der Waals surface area (Å²) in [6, 6.07) is 8.88. The van der Waals surface area contributed by atoms with Crippen molar-refractivity contribution in [3.63, 3.8) is 0 Å². The predicted octanol–water partition coefficient (Wildman–Crippen LogP) is 2.38. The van der Waals surface area contributed by atoms with Gasteiger partial charge in [-0.2, -0.15) is 0 Å². The Balaban J connectivity index is 2.05. The van der Waals surface area contributed by atoms with Crippen molar-refractivity contribution < 1.29 is 9.90 Å². The number of carbonyl (C=O) groups excluding carboxylic acids is 1. The largest absolute Gasteiger partial charge is 0.395 e. The van der Waals surface area contributed by atoms with E-state index in [1.807, 2.05) is 13.0 Å². The Morgan fingerprint density at radius 2 is 2.05 bits per heavy atom. The number of pyridine rings is 1. The van der Waals surface area contributed by atoms with Gasteiger partial charge < -0.3 is 10.4 Å². The van der Waals surface area contributed by atoms with E-state index in [2.05, 4.69) is 22.1 Å².